The lowest BCUT2D eigenvalue weighted by molar-refractivity contribution is -0.137. The lowest BCUT2D eigenvalue weighted by atomic mass is 9.82. The Bertz CT molecular complexity index is 427. The van der Waals surface area contributed by atoms with Crippen LogP contribution in [0.4, 0.5) is 0 Å². The van der Waals surface area contributed by atoms with Crippen LogP contribution in [0.3, 0.4) is 0 Å². The van der Waals surface area contributed by atoms with E-state index in [1.165, 1.54) is 0 Å². The van der Waals surface area contributed by atoms with E-state index in [1.54, 1.807) is 11.3 Å². The normalized spacial score (nSPS) is 25.6. The molecule has 5 heteroatoms. The molecule has 1 fully saturated rings. The van der Waals surface area contributed by atoms with E-state index in [0.29, 0.717) is 6.42 Å². The molecule has 1 aromatic heterocycles. The van der Waals surface area contributed by atoms with Crippen molar-refractivity contribution in [2.24, 2.45) is 5.92 Å². The number of amides is 2. The van der Waals surface area contributed by atoms with E-state index in [1.807, 2.05) is 19.2 Å². The molecule has 2 atom stereocenters. The van der Waals surface area contributed by atoms with E-state index < -0.39 is 0 Å². The van der Waals surface area contributed by atoms with Gasteiger partial charge in [0.25, 0.3) is 0 Å². The van der Waals surface area contributed by atoms with Gasteiger partial charge in [-0.15, -0.1) is 11.3 Å². The third-order valence-electron chi connectivity index (χ3n) is 2.95. The predicted molar refractivity (Wildman–Crippen MR) is 61.1 cm³/mol. The number of carbonyl (C=O) groups is 2. The Hall–Kier alpha value is -1.23. The first-order chi connectivity index (χ1) is 7.61. The van der Waals surface area contributed by atoms with Crippen molar-refractivity contribution in [3.05, 3.63) is 16.1 Å². The number of imide groups is 1. The summed E-state index contributed by atoms with van der Waals surface area (Å²) < 4.78 is 0. The summed E-state index contributed by atoms with van der Waals surface area (Å²) in [5, 5.41) is 5.31. The third kappa shape index (κ3) is 2.00. The molecule has 16 heavy (non-hydrogen) atoms. The molecule has 1 aromatic rings. The van der Waals surface area contributed by atoms with Crippen LogP contribution in [-0.4, -0.2) is 16.8 Å². The molecule has 2 unspecified atom stereocenters. The SMILES string of the molecule is CCC1C(=O)NC(=O)CC1c1csc(C)n1. The molecule has 1 aliphatic heterocycles. The number of piperidine rings is 1. The highest BCUT2D eigenvalue weighted by atomic mass is 32.1. The second kappa shape index (κ2) is 4.33. The molecule has 0 spiro atoms. The van der Waals surface area contributed by atoms with Gasteiger partial charge in [0.2, 0.25) is 11.8 Å². The Kier molecular flexibility index (Phi) is 3.05. The van der Waals surface area contributed by atoms with Crippen molar-refractivity contribution < 1.29 is 9.59 Å². The maximum atomic E-state index is 11.7. The minimum atomic E-state index is -0.189. The molecule has 0 aliphatic carbocycles. The Balaban J connectivity index is 2.29. The van der Waals surface area contributed by atoms with E-state index in [4.69, 9.17) is 0 Å². The first-order valence-corrected chi connectivity index (χ1v) is 6.25. The van der Waals surface area contributed by atoms with Crippen molar-refractivity contribution >= 4 is 23.2 Å². The van der Waals surface area contributed by atoms with Crippen molar-refractivity contribution in [1.29, 1.82) is 0 Å². The van der Waals surface area contributed by atoms with Gasteiger partial charge in [0.05, 0.1) is 10.7 Å². The van der Waals surface area contributed by atoms with Gasteiger partial charge in [0.15, 0.2) is 0 Å². The molecule has 0 bridgehead atoms. The molecule has 2 amide bonds. The highest BCUT2D eigenvalue weighted by Gasteiger charge is 2.36. The fraction of sp³-hybridized carbons (Fsp3) is 0.545. The highest BCUT2D eigenvalue weighted by Crippen LogP contribution is 2.33. The smallest absolute Gasteiger partial charge is 0.230 e. The van der Waals surface area contributed by atoms with Crippen molar-refractivity contribution in [2.45, 2.75) is 32.6 Å². The number of nitrogens with zero attached hydrogens (tertiary/aromatic N) is 1. The fourth-order valence-corrected chi connectivity index (χ4v) is 2.81. The van der Waals surface area contributed by atoms with Crippen LogP contribution in [0.2, 0.25) is 0 Å². The zero-order valence-electron chi connectivity index (χ0n) is 9.32. The van der Waals surface area contributed by atoms with Gasteiger partial charge in [-0.2, -0.15) is 0 Å². The standard InChI is InChI=1S/C11H14N2O2S/c1-3-7-8(4-10(14)13-11(7)15)9-5-16-6(2)12-9/h5,7-8H,3-4H2,1-2H3,(H,13,14,15). The summed E-state index contributed by atoms with van der Waals surface area (Å²) >= 11 is 1.56. The van der Waals surface area contributed by atoms with Crippen LogP contribution < -0.4 is 5.32 Å². The molecule has 2 rings (SSSR count). The minimum absolute atomic E-state index is 0.0452. The maximum absolute atomic E-state index is 11.7. The van der Waals surface area contributed by atoms with E-state index in [-0.39, 0.29) is 23.7 Å². The number of aryl methyl sites for hydroxylation is 1. The van der Waals surface area contributed by atoms with Crippen LogP contribution in [0.25, 0.3) is 0 Å². The lowest BCUT2D eigenvalue weighted by Gasteiger charge is -2.27. The molecule has 1 saturated heterocycles. The van der Waals surface area contributed by atoms with Gasteiger partial charge in [-0.1, -0.05) is 6.92 Å². The van der Waals surface area contributed by atoms with Crippen LogP contribution in [0.1, 0.15) is 36.4 Å². The molecule has 2 heterocycles. The van der Waals surface area contributed by atoms with Gasteiger partial charge in [0.1, 0.15) is 0 Å². The Morgan fingerprint density at radius 3 is 2.88 bits per heavy atom. The summed E-state index contributed by atoms with van der Waals surface area (Å²) in [6, 6.07) is 0. The molecular weight excluding hydrogens is 224 g/mol. The minimum Gasteiger partial charge on any atom is -0.296 e. The largest absolute Gasteiger partial charge is 0.296 e. The molecule has 86 valence electrons. The van der Waals surface area contributed by atoms with Crippen LogP contribution in [0.15, 0.2) is 5.38 Å². The molecule has 1 aliphatic rings. The first-order valence-electron chi connectivity index (χ1n) is 5.37. The summed E-state index contributed by atoms with van der Waals surface area (Å²) in [4.78, 5) is 27.4. The van der Waals surface area contributed by atoms with Crippen LogP contribution in [0, 0.1) is 12.8 Å². The number of nitrogens with one attached hydrogen (secondary N) is 1. The van der Waals surface area contributed by atoms with Crippen LogP contribution in [-0.2, 0) is 9.59 Å². The fourth-order valence-electron chi connectivity index (χ4n) is 2.14. The quantitative estimate of drug-likeness (QED) is 0.796. The predicted octanol–water partition coefficient (Wildman–Crippen LogP) is 1.61. The van der Waals surface area contributed by atoms with E-state index in [0.717, 1.165) is 17.1 Å². The second-order valence-corrected chi connectivity index (χ2v) is 5.09. The average Bonchev–Trinajstić information content (AvgIpc) is 2.63. The average molecular weight is 238 g/mol. The van der Waals surface area contributed by atoms with Gasteiger partial charge < -0.3 is 0 Å². The van der Waals surface area contributed by atoms with Crippen molar-refractivity contribution in [2.75, 3.05) is 0 Å². The van der Waals surface area contributed by atoms with Crippen LogP contribution in [0.5, 0.6) is 0 Å². The second-order valence-electron chi connectivity index (χ2n) is 4.03. The van der Waals surface area contributed by atoms with Crippen LogP contribution >= 0.6 is 11.3 Å². The van der Waals surface area contributed by atoms with E-state index >= 15 is 0 Å². The van der Waals surface area contributed by atoms with Gasteiger partial charge in [-0.25, -0.2) is 4.98 Å². The van der Waals surface area contributed by atoms with Crippen molar-refractivity contribution in [1.82, 2.24) is 10.3 Å². The van der Waals surface area contributed by atoms with Crippen molar-refractivity contribution in [3.8, 4) is 0 Å². The molecular formula is C11H14N2O2S. The zero-order chi connectivity index (χ0) is 11.7. The molecule has 0 saturated carbocycles. The molecule has 4 nitrogen and oxygen atoms in total. The number of hydrogen-bond donors (Lipinski definition) is 1. The summed E-state index contributed by atoms with van der Waals surface area (Å²) in [6.45, 7) is 3.89. The topological polar surface area (TPSA) is 59.1 Å². The Labute approximate surface area is 98.1 Å². The summed E-state index contributed by atoms with van der Waals surface area (Å²) in [5.41, 5.74) is 0.887. The van der Waals surface area contributed by atoms with Gasteiger partial charge >= 0.3 is 0 Å². The molecule has 0 radical (unpaired) electrons. The van der Waals surface area contributed by atoms with Crippen molar-refractivity contribution in [3.63, 3.8) is 0 Å². The van der Waals surface area contributed by atoms with E-state index in [2.05, 4.69) is 10.3 Å². The third-order valence-corrected chi connectivity index (χ3v) is 3.74. The van der Waals surface area contributed by atoms with E-state index in [9.17, 15) is 9.59 Å². The van der Waals surface area contributed by atoms with Gasteiger partial charge in [0, 0.05) is 23.6 Å². The monoisotopic (exact) mass is 238 g/mol. The number of thiazole rings is 1. The number of hydrogen-bond acceptors (Lipinski definition) is 4. The number of aromatic nitrogens is 1. The maximum Gasteiger partial charge on any atom is 0.230 e. The zero-order valence-corrected chi connectivity index (χ0v) is 10.1. The highest BCUT2D eigenvalue weighted by molar-refractivity contribution is 7.09. The van der Waals surface area contributed by atoms with Gasteiger partial charge in [-0.3, -0.25) is 14.9 Å². The summed E-state index contributed by atoms with van der Waals surface area (Å²) in [6.07, 6.45) is 1.10. The summed E-state index contributed by atoms with van der Waals surface area (Å²) in [5.74, 6) is -0.518. The molecule has 0 aromatic carbocycles. The Morgan fingerprint density at radius 1 is 1.56 bits per heavy atom. The number of rotatable bonds is 2. The Morgan fingerprint density at radius 2 is 2.31 bits per heavy atom. The molecule has 1 N–H and O–H groups in total. The number of carbonyl (C=O) groups excluding carboxylic acids is 2. The summed E-state index contributed by atoms with van der Waals surface area (Å²) in [7, 11) is 0. The lowest BCUT2D eigenvalue weighted by Crippen LogP contribution is -2.44. The van der Waals surface area contributed by atoms with Gasteiger partial charge in [-0.05, 0) is 13.3 Å². The first kappa shape index (κ1) is 11.3.